The highest BCUT2D eigenvalue weighted by Gasteiger charge is 2.16. The number of ether oxygens (including phenoxy) is 1. The van der Waals surface area contributed by atoms with Gasteiger partial charge in [-0.15, -0.1) is 0 Å². The average molecular weight is 246 g/mol. The summed E-state index contributed by atoms with van der Waals surface area (Å²) in [5.74, 6) is 0.882. The fourth-order valence-electron chi connectivity index (χ4n) is 1.76. The lowest BCUT2D eigenvalue weighted by Crippen LogP contribution is -2.10. The van der Waals surface area contributed by atoms with Crippen LogP contribution in [0.25, 0.3) is 5.69 Å². The van der Waals surface area contributed by atoms with Crippen LogP contribution in [0.2, 0.25) is 0 Å². The highest BCUT2D eigenvalue weighted by molar-refractivity contribution is 5.94. The predicted octanol–water partition coefficient (Wildman–Crippen LogP) is 1.25. The minimum atomic E-state index is -0.454. The number of nitrogens with two attached hydrogens (primary N) is 1. The molecule has 0 aliphatic heterocycles. The molecule has 0 fully saturated rings. The Balaban J connectivity index is 2.64. The Kier molecular flexibility index (Phi) is 3.01. The van der Waals surface area contributed by atoms with Crippen molar-refractivity contribution in [2.24, 2.45) is 0 Å². The van der Waals surface area contributed by atoms with E-state index in [1.165, 1.54) is 7.11 Å². The van der Waals surface area contributed by atoms with Crippen molar-refractivity contribution in [1.29, 1.82) is 0 Å². The van der Waals surface area contributed by atoms with Crippen molar-refractivity contribution in [3.63, 3.8) is 0 Å². The van der Waals surface area contributed by atoms with Crippen molar-refractivity contribution in [2.75, 3.05) is 12.8 Å². The molecule has 0 saturated carbocycles. The number of nitrogens with zero attached hydrogens (tertiary/aromatic N) is 3. The summed E-state index contributed by atoms with van der Waals surface area (Å²) in [6.45, 7) is 3.61. The fourth-order valence-corrected chi connectivity index (χ4v) is 1.76. The Labute approximate surface area is 104 Å². The SMILES string of the molecule is COC(=O)c1cc(N)ccc1-n1nc(C)nc1C. The van der Waals surface area contributed by atoms with E-state index in [0.29, 0.717) is 28.6 Å². The molecule has 18 heavy (non-hydrogen) atoms. The quantitative estimate of drug-likeness (QED) is 0.637. The zero-order valence-electron chi connectivity index (χ0n) is 10.5. The van der Waals surface area contributed by atoms with Crippen molar-refractivity contribution in [1.82, 2.24) is 14.8 Å². The number of benzene rings is 1. The Morgan fingerprint density at radius 1 is 1.39 bits per heavy atom. The van der Waals surface area contributed by atoms with E-state index >= 15 is 0 Å². The first kappa shape index (κ1) is 12.1. The third kappa shape index (κ3) is 2.04. The smallest absolute Gasteiger partial charge is 0.340 e. The van der Waals surface area contributed by atoms with Gasteiger partial charge in [-0.1, -0.05) is 0 Å². The summed E-state index contributed by atoms with van der Waals surface area (Å²) in [5.41, 5.74) is 7.15. The van der Waals surface area contributed by atoms with Gasteiger partial charge in [0.05, 0.1) is 18.4 Å². The molecule has 6 heteroatoms. The molecule has 0 aliphatic rings. The first-order valence-electron chi connectivity index (χ1n) is 5.41. The lowest BCUT2D eigenvalue weighted by molar-refractivity contribution is 0.0600. The van der Waals surface area contributed by atoms with E-state index in [1.54, 1.807) is 29.8 Å². The first-order valence-corrected chi connectivity index (χ1v) is 5.41. The number of hydrogen-bond donors (Lipinski definition) is 1. The van der Waals surface area contributed by atoms with Gasteiger partial charge in [0, 0.05) is 5.69 Å². The zero-order valence-corrected chi connectivity index (χ0v) is 10.5. The van der Waals surface area contributed by atoms with Crippen molar-refractivity contribution in [2.45, 2.75) is 13.8 Å². The minimum Gasteiger partial charge on any atom is -0.465 e. The number of esters is 1. The van der Waals surface area contributed by atoms with E-state index in [0.717, 1.165) is 0 Å². The lowest BCUT2D eigenvalue weighted by atomic mass is 10.1. The monoisotopic (exact) mass is 246 g/mol. The average Bonchev–Trinajstić information content (AvgIpc) is 2.67. The van der Waals surface area contributed by atoms with Crippen LogP contribution in [0.4, 0.5) is 5.69 Å². The van der Waals surface area contributed by atoms with Crippen LogP contribution in [0.3, 0.4) is 0 Å². The zero-order chi connectivity index (χ0) is 13.3. The van der Waals surface area contributed by atoms with E-state index in [9.17, 15) is 4.79 Å². The summed E-state index contributed by atoms with van der Waals surface area (Å²) < 4.78 is 6.34. The molecule has 2 rings (SSSR count). The van der Waals surface area contributed by atoms with Gasteiger partial charge >= 0.3 is 5.97 Å². The second-order valence-corrected chi connectivity index (χ2v) is 3.89. The number of hydrogen-bond acceptors (Lipinski definition) is 5. The summed E-state index contributed by atoms with van der Waals surface area (Å²) in [5, 5.41) is 4.24. The van der Waals surface area contributed by atoms with Crippen LogP contribution < -0.4 is 5.73 Å². The highest BCUT2D eigenvalue weighted by Crippen LogP contribution is 2.19. The van der Waals surface area contributed by atoms with Crippen molar-refractivity contribution < 1.29 is 9.53 Å². The van der Waals surface area contributed by atoms with Gasteiger partial charge in [-0.3, -0.25) is 0 Å². The third-order valence-corrected chi connectivity index (χ3v) is 2.53. The second kappa shape index (κ2) is 4.48. The van der Waals surface area contributed by atoms with E-state index in [4.69, 9.17) is 10.5 Å². The Hall–Kier alpha value is -2.37. The standard InChI is InChI=1S/C12H14N4O2/c1-7-14-8(2)16(15-7)11-5-4-9(13)6-10(11)12(17)18-3/h4-6H,13H2,1-3H3. The number of nitrogen functional groups attached to an aromatic ring is 1. The number of carbonyl (C=O) groups excluding carboxylic acids is 1. The molecule has 1 heterocycles. The molecule has 1 aromatic heterocycles. The molecule has 2 N–H and O–H groups in total. The van der Waals surface area contributed by atoms with Gasteiger partial charge in [-0.2, -0.15) is 5.10 Å². The van der Waals surface area contributed by atoms with Crippen molar-refractivity contribution >= 4 is 11.7 Å². The number of carbonyl (C=O) groups is 1. The van der Waals surface area contributed by atoms with E-state index < -0.39 is 5.97 Å². The maximum absolute atomic E-state index is 11.7. The molecule has 1 aromatic carbocycles. The fraction of sp³-hybridized carbons (Fsp3) is 0.250. The first-order chi connectivity index (χ1) is 8.52. The number of anilines is 1. The molecule has 0 bridgehead atoms. The summed E-state index contributed by atoms with van der Waals surface area (Å²) in [4.78, 5) is 15.9. The molecule has 0 radical (unpaired) electrons. The largest absolute Gasteiger partial charge is 0.465 e. The second-order valence-electron chi connectivity index (χ2n) is 3.89. The third-order valence-electron chi connectivity index (χ3n) is 2.53. The molecule has 0 spiro atoms. The number of methoxy groups -OCH3 is 1. The molecule has 0 aliphatic carbocycles. The molecule has 0 atom stereocenters. The Morgan fingerprint density at radius 2 is 2.11 bits per heavy atom. The van der Waals surface area contributed by atoms with Gasteiger partial charge in [-0.05, 0) is 32.0 Å². The van der Waals surface area contributed by atoms with Crippen LogP contribution in [-0.2, 0) is 4.74 Å². The molecule has 0 amide bonds. The minimum absolute atomic E-state index is 0.366. The van der Waals surface area contributed by atoms with Crippen LogP contribution >= 0.6 is 0 Å². The van der Waals surface area contributed by atoms with Gasteiger partial charge in [-0.25, -0.2) is 14.5 Å². The summed E-state index contributed by atoms with van der Waals surface area (Å²) in [6.07, 6.45) is 0. The number of rotatable bonds is 2. The van der Waals surface area contributed by atoms with Crippen molar-refractivity contribution in [3.8, 4) is 5.69 Å². The van der Waals surface area contributed by atoms with E-state index in [-0.39, 0.29) is 0 Å². The van der Waals surface area contributed by atoms with Gasteiger partial charge in [0.1, 0.15) is 11.6 Å². The summed E-state index contributed by atoms with van der Waals surface area (Å²) >= 11 is 0. The van der Waals surface area contributed by atoms with Crippen molar-refractivity contribution in [3.05, 3.63) is 35.4 Å². The van der Waals surface area contributed by atoms with Crippen LogP contribution in [0.5, 0.6) is 0 Å². The van der Waals surface area contributed by atoms with Crippen LogP contribution in [-0.4, -0.2) is 27.8 Å². The van der Waals surface area contributed by atoms with Crippen LogP contribution in [0.15, 0.2) is 18.2 Å². The van der Waals surface area contributed by atoms with Crippen LogP contribution in [0, 0.1) is 13.8 Å². The maximum Gasteiger partial charge on any atom is 0.340 e. The summed E-state index contributed by atoms with van der Waals surface area (Å²) in [7, 11) is 1.33. The molecule has 2 aromatic rings. The Morgan fingerprint density at radius 3 is 2.67 bits per heavy atom. The molecule has 0 saturated heterocycles. The van der Waals surface area contributed by atoms with Gasteiger partial charge in [0.2, 0.25) is 0 Å². The summed E-state index contributed by atoms with van der Waals surface area (Å²) in [6, 6.07) is 5.00. The molecule has 94 valence electrons. The van der Waals surface area contributed by atoms with Gasteiger partial charge in [0.15, 0.2) is 0 Å². The van der Waals surface area contributed by atoms with Gasteiger partial charge in [0.25, 0.3) is 0 Å². The highest BCUT2D eigenvalue weighted by atomic mass is 16.5. The lowest BCUT2D eigenvalue weighted by Gasteiger charge is -2.09. The van der Waals surface area contributed by atoms with Gasteiger partial charge < -0.3 is 10.5 Å². The number of aryl methyl sites for hydroxylation is 2. The Bertz CT molecular complexity index is 604. The molecule has 6 nitrogen and oxygen atoms in total. The molecular weight excluding hydrogens is 232 g/mol. The maximum atomic E-state index is 11.7. The van der Waals surface area contributed by atoms with E-state index in [2.05, 4.69) is 10.1 Å². The molecular formula is C12H14N4O2. The number of aromatic nitrogens is 3. The topological polar surface area (TPSA) is 83.0 Å². The molecule has 0 unspecified atom stereocenters. The predicted molar refractivity (Wildman–Crippen MR) is 66.6 cm³/mol. The van der Waals surface area contributed by atoms with Crippen LogP contribution in [0.1, 0.15) is 22.0 Å². The normalized spacial score (nSPS) is 10.4. The van der Waals surface area contributed by atoms with E-state index in [1.807, 2.05) is 6.92 Å².